The van der Waals surface area contributed by atoms with Crippen LogP contribution >= 0.6 is 0 Å². The number of methoxy groups -OCH3 is 1. The van der Waals surface area contributed by atoms with Crippen LogP contribution in [0.15, 0.2) is 12.1 Å². The fraction of sp³-hybridized carbons (Fsp3) is 0.545. The van der Waals surface area contributed by atoms with Gasteiger partial charge in [0.2, 0.25) is 0 Å². The van der Waals surface area contributed by atoms with Crippen molar-refractivity contribution in [3.8, 4) is 6.07 Å². The number of nitrogens with zero attached hydrogens (tertiary/aromatic N) is 4. The van der Waals surface area contributed by atoms with Gasteiger partial charge in [0.25, 0.3) is 0 Å². The van der Waals surface area contributed by atoms with Crippen molar-refractivity contribution < 1.29 is 4.74 Å². The molecule has 0 bridgehead atoms. The molecule has 0 saturated carbocycles. The first-order valence-corrected chi connectivity index (χ1v) is 5.19. The maximum absolute atomic E-state index is 8.59. The van der Waals surface area contributed by atoms with E-state index in [1.165, 1.54) is 0 Å². The number of aryl methyl sites for hydroxylation is 1. The lowest BCUT2D eigenvalue weighted by Gasteiger charge is -2.21. The molecule has 0 aliphatic carbocycles. The third-order valence-electron chi connectivity index (χ3n) is 2.17. The molecule has 1 aromatic heterocycles. The Bertz CT molecular complexity index is 344. The molecular weight excluding hydrogens is 204 g/mol. The third kappa shape index (κ3) is 3.83. The normalized spacial score (nSPS) is 9.81. The van der Waals surface area contributed by atoms with Crippen LogP contribution in [0.3, 0.4) is 0 Å². The van der Waals surface area contributed by atoms with Gasteiger partial charge in [-0.2, -0.15) is 10.4 Å². The quantitative estimate of drug-likeness (QED) is 0.719. The van der Waals surface area contributed by atoms with Gasteiger partial charge >= 0.3 is 0 Å². The lowest BCUT2D eigenvalue weighted by molar-refractivity contribution is 0.205. The molecule has 5 nitrogen and oxygen atoms in total. The van der Waals surface area contributed by atoms with Gasteiger partial charge < -0.3 is 9.64 Å². The summed E-state index contributed by atoms with van der Waals surface area (Å²) in [7, 11) is 1.66. The summed E-state index contributed by atoms with van der Waals surface area (Å²) in [5.41, 5.74) is 0.885. The summed E-state index contributed by atoms with van der Waals surface area (Å²) < 4.78 is 5.02. The molecule has 0 aromatic carbocycles. The second kappa shape index (κ2) is 6.75. The van der Waals surface area contributed by atoms with E-state index in [9.17, 15) is 0 Å². The SMILES string of the molecule is COCCN(CCC#N)c1ccc(C)nn1. The number of hydrogen-bond donors (Lipinski definition) is 0. The van der Waals surface area contributed by atoms with Crippen LogP contribution in [-0.4, -0.2) is 37.0 Å². The minimum Gasteiger partial charge on any atom is -0.383 e. The van der Waals surface area contributed by atoms with Gasteiger partial charge in [0.1, 0.15) is 0 Å². The number of aromatic nitrogens is 2. The molecule has 0 aliphatic rings. The molecule has 5 heteroatoms. The number of rotatable bonds is 6. The standard InChI is InChI=1S/C11H16N4O/c1-10-4-5-11(14-13-10)15(7-3-6-12)8-9-16-2/h4-5H,3,7-9H2,1-2H3. The highest BCUT2D eigenvalue weighted by atomic mass is 16.5. The van der Waals surface area contributed by atoms with Gasteiger partial charge in [-0.15, -0.1) is 5.10 Å². The van der Waals surface area contributed by atoms with Crippen molar-refractivity contribution in [1.82, 2.24) is 10.2 Å². The Balaban J connectivity index is 2.67. The average Bonchev–Trinajstić information content (AvgIpc) is 2.31. The minimum atomic E-state index is 0.471. The summed E-state index contributed by atoms with van der Waals surface area (Å²) in [6.45, 7) is 3.88. The van der Waals surface area contributed by atoms with Crippen molar-refractivity contribution in [3.05, 3.63) is 17.8 Å². The van der Waals surface area contributed by atoms with Crippen LogP contribution < -0.4 is 4.90 Å². The van der Waals surface area contributed by atoms with Crippen LogP contribution in [0.1, 0.15) is 12.1 Å². The molecule has 0 spiro atoms. The van der Waals surface area contributed by atoms with Crippen LogP contribution in [-0.2, 0) is 4.74 Å². The van der Waals surface area contributed by atoms with Crippen LogP contribution in [0.4, 0.5) is 5.82 Å². The second-order valence-corrected chi connectivity index (χ2v) is 3.42. The number of ether oxygens (including phenoxy) is 1. The van der Waals surface area contributed by atoms with Crippen LogP contribution in [0.2, 0.25) is 0 Å². The first kappa shape index (κ1) is 12.4. The Hall–Kier alpha value is -1.67. The van der Waals surface area contributed by atoms with Crippen molar-refractivity contribution in [2.75, 3.05) is 31.7 Å². The highest BCUT2D eigenvalue weighted by Gasteiger charge is 2.07. The average molecular weight is 220 g/mol. The van der Waals surface area contributed by atoms with Gasteiger partial charge in [0.15, 0.2) is 5.82 Å². The van der Waals surface area contributed by atoms with E-state index in [1.807, 2.05) is 24.0 Å². The lowest BCUT2D eigenvalue weighted by atomic mass is 10.3. The van der Waals surface area contributed by atoms with Crippen molar-refractivity contribution in [3.63, 3.8) is 0 Å². The largest absolute Gasteiger partial charge is 0.383 e. The summed E-state index contributed by atoms with van der Waals surface area (Å²) in [5, 5.41) is 16.7. The van der Waals surface area contributed by atoms with Crippen molar-refractivity contribution in [2.24, 2.45) is 0 Å². The van der Waals surface area contributed by atoms with Crippen LogP contribution in [0, 0.1) is 18.3 Å². The summed E-state index contributed by atoms with van der Waals surface area (Å²) in [5.74, 6) is 0.790. The van der Waals surface area contributed by atoms with E-state index >= 15 is 0 Å². The predicted molar refractivity (Wildman–Crippen MR) is 61.1 cm³/mol. The van der Waals surface area contributed by atoms with E-state index in [1.54, 1.807) is 7.11 Å². The van der Waals surface area contributed by atoms with E-state index < -0.39 is 0 Å². The van der Waals surface area contributed by atoms with Crippen molar-refractivity contribution in [1.29, 1.82) is 5.26 Å². The third-order valence-corrected chi connectivity index (χ3v) is 2.17. The molecule has 1 heterocycles. The van der Waals surface area contributed by atoms with E-state index in [0.717, 1.165) is 18.1 Å². The van der Waals surface area contributed by atoms with Gasteiger partial charge in [-0.3, -0.25) is 0 Å². The Morgan fingerprint density at radius 2 is 2.19 bits per heavy atom. The Labute approximate surface area is 95.7 Å². The number of nitriles is 1. The zero-order chi connectivity index (χ0) is 11.8. The number of hydrogen-bond acceptors (Lipinski definition) is 5. The highest BCUT2D eigenvalue weighted by molar-refractivity contribution is 5.37. The molecular formula is C11H16N4O. The van der Waals surface area contributed by atoms with Gasteiger partial charge in [-0.1, -0.05) is 0 Å². The summed E-state index contributed by atoms with van der Waals surface area (Å²) in [6, 6.07) is 5.95. The first-order chi connectivity index (χ1) is 7.77. The Morgan fingerprint density at radius 3 is 2.75 bits per heavy atom. The molecule has 0 unspecified atom stereocenters. The molecule has 86 valence electrons. The van der Waals surface area contributed by atoms with E-state index in [2.05, 4.69) is 16.3 Å². The zero-order valence-corrected chi connectivity index (χ0v) is 9.68. The van der Waals surface area contributed by atoms with Crippen molar-refractivity contribution >= 4 is 5.82 Å². The van der Waals surface area contributed by atoms with Gasteiger partial charge in [-0.05, 0) is 19.1 Å². The molecule has 0 fully saturated rings. The van der Waals surface area contributed by atoms with E-state index in [4.69, 9.17) is 10.00 Å². The molecule has 0 amide bonds. The summed E-state index contributed by atoms with van der Waals surface area (Å²) >= 11 is 0. The smallest absolute Gasteiger partial charge is 0.151 e. The summed E-state index contributed by atoms with van der Waals surface area (Å²) in [6.07, 6.45) is 0.471. The maximum Gasteiger partial charge on any atom is 0.151 e. The predicted octanol–water partition coefficient (Wildman–Crippen LogP) is 1.15. The molecule has 1 aromatic rings. The topological polar surface area (TPSA) is 62.0 Å². The fourth-order valence-electron chi connectivity index (χ4n) is 1.29. The van der Waals surface area contributed by atoms with E-state index in [-0.39, 0.29) is 0 Å². The van der Waals surface area contributed by atoms with Gasteiger partial charge in [0, 0.05) is 20.2 Å². The van der Waals surface area contributed by atoms with E-state index in [0.29, 0.717) is 19.6 Å². The Morgan fingerprint density at radius 1 is 1.38 bits per heavy atom. The minimum absolute atomic E-state index is 0.471. The van der Waals surface area contributed by atoms with Gasteiger partial charge in [-0.25, -0.2) is 0 Å². The molecule has 1 rings (SSSR count). The molecule has 0 aliphatic heterocycles. The number of anilines is 1. The van der Waals surface area contributed by atoms with Gasteiger partial charge in [0.05, 0.1) is 24.8 Å². The second-order valence-electron chi connectivity index (χ2n) is 3.42. The highest BCUT2D eigenvalue weighted by Crippen LogP contribution is 2.09. The molecule has 16 heavy (non-hydrogen) atoms. The Kier molecular flexibility index (Phi) is 5.23. The fourth-order valence-corrected chi connectivity index (χ4v) is 1.29. The molecule has 0 radical (unpaired) electrons. The van der Waals surface area contributed by atoms with Crippen LogP contribution in [0.5, 0.6) is 0 Å². The van der Waals surface area contributed by atoms with Crippen LogP contribution in [0.25, 0.3) is 0 Å². The van der Waals surface area contributed by atoms with Crippen molar-refractivity contribution in [2.45, 2.75) is 13.3 Å². The first-order valence-electron chi connectivity index (χ1n) is 5.19. The summed E-state index contributed by atoms with van der Waals surface area (Å²) in [4.78, 5) is 2.00. The molecule has 0 saturated heterocycles. The zero-order valence-electron chi connectivity index (χ0n) is 9.68. The molecule has 0 atom stereocenters. The maximum atomic E-state index is 8.59. The lowest BCUT2D eigenvalue weighted by Crippen LogP contribution is -2.29. The molecule has 0 N–H and O–H groups in total. The monoisotopic (exact) mass is 220 g/mol.